The SMILES string of the molecule is O=C(Nc1ccccc1F)N(CCc1ccc(Cl)cc1Cl)Cc1ccccc1F. The topological polar surface area (TPSA) is 32.3 Å². The van der Waals surface area contributed by atoms with Gasteiger partial charge in [-0.25, -0.2) is 13.6 Å². The van der Waals surface area contributed by atoms with Gasteiger partial charge >= 0.3 is 6.03 Å². The summed E-state index contributed by atoms with van der Waals surface area (Å²) in [6.07, 6.45) is 0.426. The van der Waals surface area contributed by atoms with Gasteiger partial charge < -0.3 is 10.2 Å². The van der Waals surface area contributed by atoms with Crippen LogP contribution in [0.3, 0.4) is 0 Å². The van der Waals surface area contributed by atoms with Crippen LogP contribution in [0.4, 0.5) is 19.3 Å². The minimum Gasteiger partial charge on any atom is -0.320 e. The number of halogens is 4. The minimum atomic E-state index is -0.549. The molecule has 0 spiro atoms. The van der Waals surface area contributed by atoms with Gasteiger partial charge in [-0.05, 0) is 42.3 Å². The van der Waals surface area contributed by atoms with Crippen LogP contribution >= 0.6 is 23.2 Å². The molecule has 0 aliphatic carbocycles. The van der Waals surface area contributed by atoms with Crippen molar-refractivity contribution in [1.82, 2.24) is 4.90 Å². The zero-order valence-corrected chi connectivity index (χ0v) is 16.9. The van der Waals surface area contributed by atoms with Crippen molar-refractivity contribution >= 4 is 34.9 Å². The van der Waals surface area contributed by atoms with Crippen molar-refractivity contribution in [2.75, 3.05) is 11.9 Å². The molecule has 150 valence electrons. The quantitative estimate of drug-likeness (QED) is 0.468. The maximum absolute atomic E-state index is 14.1. The predicted molar refractivity (Wildman–Crippen MR) is 112 cm³/mol. The van der Waals surface area contributed by atoms with Crippen molar-refractivity contribution in [1.29, 1.82) is 0 Å². The van der Waals surface area contributed by atoms with E-state index in [-0.39, 0.29) is 18.8 Å². The van der Waals surface area contributed by atoms with Crippen LogP contribution in [-0.4, -0.2) is 17.5 Å². The van der Waals surface area contributed by atoms with Gasteiger partial charge in [-0.15, -0.1) is 0 Å². The third-order valence-electron chi connectivity index (χ3n) is 4.39. The predicted octanol–water partition coefficient (Wildman–Crippen LogP) is 6.55. The number of carbonyl (C=O) groups excluding carboxylic acids is 1. The first-order chi connectivity index (χ1) is 13.9. The van der Waals surface area contributed by atoms with Crippen LogP contribution in [0.15, 0.2) is 66.7 Å². The number of carbonyl (C=O) groups is 1. The summed E-state index contributed by atoms with van der Waals surface area (Å²) in [7, 11) is 0. The summed E-state index contributed by atoms with van der Waals surface area (Å²) in [5.41, 5.74) is 1.22. The Labute approximate surface area is 177 Å². The van der Waals surface area contributed by atoms with Crippen LogP contribution in [0.25, 0.3) is 0 Å². The Morgan fingerprint density at radius 2 is 1.59 bits per heavy atom. The highest BCUT2D eigenvalue weighted by Crippen LogP contribution is 2.22. The van der Waals surface area contributed by atoms with Gasteiger partial charge in [0.15, 0.2) is 0 Å². The van der Waals surface area contributed by atoms with Crippen molar-refractivity contribution in [3.8, 4) is 0 Å². The van der Waals surface area contributed by atoms with Crippen LogP contribution < -0.4 is 5.32 Å². The molecule has 3 aromatic rings. The number of urea groups is 1. The third-order valence-corrected chi connectivity index (χ3v) is 4.97. The van der Waals surface area contributed by atoms with E-state index in [0.29, 0.717) is 22.0 Å². The second-order valence-electron chi connectivity index (χ2n) is 6.41. The standard InChI is InChI=1S/C22H18Cl2F2N2O/c23-17-10-9-15(18(24)13-17)11-12-28(14-16-5-1-2-6-19(16)25)22(29)27-21-8-4-3-7-20(21)26/h1-10,13H,11-12,14H2,(H,27,29). The van der Waals surface area contributed by atoms with Gasteiger partial charge in [-0.2, -0.15) is 0 Å². The zero-order chi connectivity index (χ0) is 20.8. The summed E-state index contributed by atoms with van der Waals surface area (Å²) in [6, 6.07) is 16.7. The highest BCUT2D eigenvalue weighted by molar-refractivity contribution is 6.35. The number of para-hydroxylation sites is 1. The molecule has 0 bridgehead atoms. The molecule has 0 aliphatic heterocycles. The number of nitrogens with one attached hydrogen (secondary N) is 1. The third kappa shape index (κ3) is 5.68. The normalized spacial score (nSPS) is 10.6. The summed E-state index contributed by atoms with van der Waals surface area (Å²) >= 11 is 12.1. The van der Waals surface area contributed by atoms with Crippen LogP contribution in [0, 0.1) is 11.6 Å². The van der Waals surface area contributed by atoms with E-state index in [1.54, 1.807) is 42.5 Å². The van der Waals surface area contributed by atoms with Crippen molar-refractivity contribution < 1.29 is 13.6 Å². The second-order valence-corrected chi connectivity index (χ2v) is 7.25. The molecule has 0 aliphatic rings. The van der Waals surface area contributed by atoms with Gasteiger partial charge in [0, 0.05) is 22.2 Å². The van der Waals surface area contributed by atoms with Crippen molar-refractivity contribution in [3.05, 3.63) is 99.5 Å². The van der Waals surface area contributed by atoms with Crippen molar-refractivity contribution in [2.45, 2.75) is 13.0 Å². The molecule has 0 saturated heterocycles. The average Bonchev–Trinajstić information content (AvgIpc) is 2.69. The maximum atomic E-state index is 14.1. The lowest BCUT2D eigenvalue weighted by Gasteiger charge is -2.24. The fourth-order valence-corrected chi connectivity index (χ4v) is 3.32. The van der Waals surface area contributed by atoms with Gasteiger partial charge in [0.25, 0.3) is 0 Å². The van der Waals surface area contributed by atoms with Crippen LogP contribution in [0.2, 0.25) is 10.0 Å². The lowest BCUT2D eigenvalue weighted by atomic mass is 10.1. The van der Waals surface area contributed by atoms with Crippen molar-refractivity contribution in [3.63, 3.8) is 0 Å². The molecule has 0 heterocycles. The Morgan fingerprint density at radius 1 is 0.897 bits per heavy atom. The molecule has 0 fully saturated rings. The molecule has 29 heavy (non-hydrogen) atoms. The Morgan fingerprint density at radius 3 is 2.28 bits per heavy atom. The first-order valence-corrected chi connectivity index (χ1v) is 9.67. The monoisotopic (exact) mass is 434 g/mol. The largest absolute Gasteiger partial charge is 0.322 e. The maximum Gasteiger partial charge on any atom is 0.322 e. The van der Waals surface area contributed by atoms with E-state index in [9.17, 15) is 13.6 Å². The van der Waals surface area contributed by atoms with Gasteiger partial charge in [-0.1, -0.05) is 59.6 Å². The van der Waals surface area contributed by atoms with E-state index in [4.69, 9.17) is 23.2 Å². The van der Waals surface area contributed by atoms with E-state index < -0.39 is 17.7 Å². The number of amides is 2. The summed E-state index contributed by atoms with van der Waals surface area (Å²) in [6.45, 7) is 0.272. The van der Waals surface area contributed by atoms with Gasteiger partial charge in [0.2, 0.25) is 0 Å². The molecule has 0 saturated carbocycles. The summed E-state index contributed by atoms with van der Waals surface area (Å²) in [4.78, 5) is 14.2. The molecule has 2 amide bonds. The number of hydrogen-bond donors (Lipinski definition) is 1. The Kier molecular flexibility index (Phi) is 7.07. The number of anilines is 1. The molecular formula is C22H18Cl2F2N2O. The molecule has 0 radical (unpaired) electrons. The first kappa shape index (κ1) is 21.1. The molecule has 0 unspecified atom stereocenters. The van der Waals surface area contributed by atoms with Crippen LogP contribution in [0.1, 0.15) is 11.1 Å². The number of hydrogen-bond acceptors (Lipinski definition) is 1. The summed E-state index contributed by atoms with van der Waals surface area (Å²) in [5.74, 6) is -0.965. The molecular weight excluding hydrogens is 417 g/mol. The fraction of sp³-hybridized carbons (Fsp3) is 0.136. The zero-order valence-electron chi connectivity index (χ0n) is 15.3. The molecule has 3 rings (SSSR count). The average molecular weight is 435 g/mol. The highest BCUT2D eigenvalue weighted by atomic mass is 35.5. The van der Waals surface area contributed by atoms with E-state index >= 15 is 0 Å². The fourth-order valence-electron chi connectivity index (χ4n) is 2.82. The van der Waals surface area contributed by atoms with E-state index in [1.165, 1.54) is 29.2 Å². The Balaban J connectivity index is 1.79. The first-order valence-electron chi connectivity index (χ1n) is 8.92. The van der Waals surface area contributed by atoms with Crippen LogP contribution in [-0.2, 0) is 13.0 Å². The Bertz CT molecular complexity index is 1010. The van der Waals surface area contributed by atoms with E-state index in [0.717, 1.165) is 5.56 Å². The van der Waals surface area contributed by atoms with Gasteiger partial charge in [0.1, 0.15) is 11.6 Å². The van der Waals surface area contributed by atoms with Crippen LogP contribution in [0.5, 0.6) is 0 Å². The lowest BCUT2D eigenvalue weighted by Crippen LogP contribution is -2.36. The molecule has 0 atom stereocenters. The molecule has 7 heteroatoms. The van der Waals surface area contributed by atoms with Gasteiger partial charge in [-0.3, -0.25) is 0 Å². The highest BCUT2D eigenvalue weighted by Gasteiger charge is 2.18. The number of rotatable bonds is 6. The second kappa shape index (κ2) is 9.72. The van der Waals surface area contributed by atoms with Crippen molar-refractivity contribution in [2.24, 2.45) is 0 Å². The lowest BCUT2D eigenvalue weighted by molar-refractivity contribution is 0.209. The summed E-state index contributed by atoms with van der Waals surface area (Å²) < 4.78 is 28.0. The summed E-state index contributed by atoms with van der Waals surface area (Å²) in [5, 5.41) is 3.54. The van der Waals surface area contributed by atoms with E-state index in [2.05, 4.69) is 5.32 Å². The number of nitrogens with zero attached hydrogens (tertiary/aromatic N) is 1. The molecule has 1 N–H and O–H groups in total. The number of benzene rings is 3. The van der Waals surface area contributed by atoms with Gasteiger partial charge in [0.05, 0.1) is 12.2 Å². The molecule has 0 aromatic heterocycles. The smallest absolute Gasteiger partial charge is 0.320 e. The Hall–Kier alpha value is -2.63. The molecule has 3 nitrogen and oxygen atoms in total. The van der Waals surface area contributed by atoms with E-state index in [1.807, 2.05) is 0 Å². The minimum absolute atomic E-state index is 0.0260. The molecule has 3 aromatic carbocycles.